The topological polar surface area (TPSA) is 63.3 Å². The zero-order valence-corrected chi connectivity index (χ0v) is 10.4. The SMILES string of the molecule is O=C(c1cccc(Cl)c1)c1oc(O)c2cccnc12. The van der Waals surface area contributed by atoms with E-state index in [1.54, 1.807) is 30.3 Å². The third-order valence-corrected chi connectivity index (χ3v) is 2.98. The van der Waals surface area contributed by atoms with Gasteiger partial charge in [-0.2, -0.15) is 0 Å². The average Bonchev–Trinajstić information content (AvgIpc) is 2.76. The molecule has 4 nitrogen and oxygen atoms in total. The number of nitrogens with zero attached hydrogens (tertiary/aromatic N) is 1. The molecule has 0 fully saturated rings. The molecular weight excluding hydrogens is 266 g/mol. The van der Waals surface area contributed by atoms with Crippen molar-refractivity contribution in [1.82, 2.24) is 4.98 Å². The first-order valence-electron chi connectivity index (χ1n) is 5.53. The van der Waals surface area contributed by atoms with E-state index in [4.69, 9.17) is 16.0 Å². The second-order valence-corrected chi connectivity index (χ2v) is 4.41. The van der Waals surface area contributed by atoms with Crippen molar-refractivity contribution in [2.75, 3.05) is 0 Å². The van der Waals surface area contributed by atoms with E-state index >= 15 is 0 Å². The number of fused-ring (bicyclic) bond motifs is 1. The molecule has 0 saturated carbocycles. The minimum absolute atomic E-state index is 0.00960. The zero-order chi connectivity index (χ0) is 13.4. The summed E-state index contributed by atoms with van der Waals surface area (Å²) in [6, 6.07) is 9.81. The molecule has 2 aromatic heterocycles. The van der Waals surface area contributed by atoms with E-state index < -0.39 is 0 Å². The second kappa shape index (κ2) is 4.40. The minimum Gasteiger partial charge on any atom is -0.480 e. The Hall–Kier alpha value is -2.33. The van der Waals surface area contributed by atoms with Gasteiger partial charge in [0.2, 0.25) is 11.5 Å². The van der Waals surface area contributed by atoms with Gasteiger partial charge in [0.1, 0.15) is 5.52 Å². The highest BCUT2D eigenvalue weighted by molar-refractivity contribution is 6.31. The lowest BCUT2D eigenvalue weighted by atomic mass is 10.1. The van der Waals surface area contributed by atoms with Crippen LogP contribution in [-0.4, -0.2) is 15.9 Å². The second-order valence-electron chi connectivity index (χ2n) is 3.98. The van der Waals surface area contributed by atoms with E-state index in [2.05, 4.69) is 4.98 Å². The Morgan fingerprint density at radius 3 is 2.89 bits per heavy atom. The lowest BCUT2D eigenvalue weighted by molar-refractivity contribution is 0.100. The molecular formula is C14H8ClNO3. The largest absolute Gasteiger partial charge is 0.480 e. The number of ketones is 1. The van der Waals surface area contributed by atoms with Crippen molar-refractivity contribution < 1.29 is 14.3 Å². The van der Waals surface area contributed by atoms with Gasteiger partial charge in [-0.05, 0) is 24.3 Å². The van der Waals surface area contributed by atoms with Crippen LogP contribution in [0.1, 0.15) is 16.1 Å². The van der Waals surface area contributed by atoms with Gasteiger partial charge in [0.25, 0.3) is 5.95 Å². The van der Waals surface area contributed by atoms with Crippen LogP contribution < -0.4 is 0 Å². The Morgan fingerprint density at radius 1 is 1.26 bits per heavy atom. The third-order valence-electron chi connectivity index (χ3n) is 2.74. The predicted octanol–water partition coefficient (Wildman–Crippen LogP) is 3.42. The van der Waals surface area contributed by atoms with Gasteiger partial charge in [-0.25, -0.2) is 0 Å². The molecule has 19 heavy (non-hydrogen) atoms. The van der Waals surface area contributed by atoms with Gasteiger partial charge < -0.3 is 9.52 Å². The maximum absolute atomic E-state index is 12.3. The molecule has 5 heteroatoms. The molecule has 3 rings (SSSR count). The van der Waals surface area contributed by atoms with E-state index in [0.717, 1.165) is 0 Å². The number of carbonyl (C=O) groups excluding carboxylic acids is 1. The Bertz CT molecular complexity index is 779. The Labute approximate surface area is 113 Å². The number of aromatic nitrogens is 1. The van der Waals surface area contributed by atoms with Crippen LogP contribution in [0.25, 0.3) is 10.9 Å². The first-order valence-corrected chi connectivity index (χ1v) is 5.91. The quantitative estimate of drug-likeness (QED) is 0.727. The third kappa shape index (κ3) is 1.96. The van der Waals surface area contributed by atoms with Gasteiger partial charge in [-0.3, -0.25) is 9.78 Å². The molecule has 0 bridgehead atoms. The molecule has 0 atom stereocenters. The lowest BCUT2D eigenvalue weighted by Crippen LogP contribution is -2.00. The summed E-state index contributed by atoms with van der Waals surface area (Å²) >= 11 is 5.85. The smallest absolute Gasteiger partial charge is 0.292 e. The summed E-state index contributed by atoms with van der Waals surface area (Å²) in [5.74, 6) is -0.671. The molecule has 94 valence electrons. The van der Waals surface area contributed by atoms with Gasteiger partial charge in [0, 0.05) is 16.8 Å². The van der Waals surface area contributed by atoms with Crippen molar-refractivity contribution in [3.8, 4) is 5.95 Å². The van der Waals surface area contributed by atoms with Crippen molar-refractivity contribution in [3.05, 3.63) is 58.9 Å². The summed E-state index contributed by atoms with van der Waals surface area (Å²) in [7, 11) is 0. The van der Waals surface area contributed by atoms with E-state index in [0.29, 0.717) is 21.5 Å². The van der Waals surface area contributed by atoms with E-state index in [1.807, 2.05) is 0 Å². The van der Waals surface area contributed by atoms with Crippen LogP contribution >= 0.6 is 11.6 Å². The summed E-state index contributed by atoms with van der Waals surface area (Å²) in [4.78, 5) is 16.4. The monoisotopic (exact) mass is 273 g/mol. The predicted molar refractivity (Wildman–Crippen MR) is 70.6 cm³/mol. The van der Waals surface area contributed by atoms with Crippen molar-refractivity contribution in [3.63, 3.8) is 0 Å². The number of halogens is 1. The highest BCUT2D eigenvalue weighted by Crippen LogP contribution is 2.31. The summed E-state index contributed by atoms with van der Waals surface area (Å²) in [5, 5.41) is 10.5. The number of furan rings is 1. The number of benzene rings is 1. The summed E-state index contributed by atoms with van der Waals surface area (Å²) < 4.78 is 5.12. The maximum Gasteiger partial charge on any atom is 0.292 e. The average molecular weight is 274 g/mol. The van der Waals surface area contributed by atoms with Crippen LogP contribution in [0, 0.1) is 0 Å². The highest BCUT2D eigenvalue weighted by atomic mass is 35.5. The number of hydrogen-bond acceptors (Lipinski definition) is 4. The van der Waals surface area contributed by atoms with E-state index in [-0.39, 0.29) is 17.5 Å². The van der Waals surface area contributed by atoms with Crippen LogP contribution in [0.4, 0.5) is 0 Å². The molecule has 0 radical (unpaired) electrons. The van der Waals surface area contributed by atoms with Gasteiger partial charge >= 0.3 is 0 Å². The van der Waals surface area contributed by atoms with Crippen LogP contribution in [0.3, 0.4) is 0 Å². The van der Waals surface area contributed by atoms with Crippen LogP contribution in [0.2, 0.25) is 5.02 Å². The Morgan fingerprint density at radius 2 is 2.11 bits per heavy atom. The lowest BCUT2D eigenvalue weighted by Gasteiger charge is -1.98. The van der Waals surface area contributed by atoms with Crippen molar-refractivity contribution in [1.29, 1.82) is 0 Å². The number of aromatic hydroxyl groups is 1. The molecule has 0 aliphatic carbocycles. The molecule has 1 N–H and O–H groups in total. The summed E-state index contributed by atoms with van der Waals surface area (Å²) in [6.07, 6.45) is 1.53. The summed E-state index contributed by atoms with van der Waals surface area (Å²) in [6.45, 7) is 0. The van der Waals surface area contributed by atoms with Crippen LogP contribution in [0.5, 0.6) is 5.95 Å². The molecule has 0 aliphatic heterocycles. The number of hydrogen-bond donors (Lipinski definition) is 1. The van der Waals surface area contributed by atoms with Gasteiger partial charge in [0.15, 0.2) is 0 Å². The Balaban J connectivity index is 2.17. The minimum atomic E-state index is -0.369. The first kappa shape index (κ1) is 11.7. The van der Waals surface area contributed by atoms with Crippen LogP contribution in [0.15, 0.2) is 47.0 Å². The molecule has 0 unspecified atom stereocenters. The molecule has 0 spiro atoms. The molecule has 3 aromatic rings. The van der Waals surface area contributed by atoms with Crippen molar-refractivity contribution >= 4 is 28.3 Å². The van der Waals surface area contributed by atoms with E-state index in [9.17, 15) is 9.90 Å². The number of pyridine rings is 1. The van der Waals surface area contributed by atoms with Gasteiger partial charge in [-0.15, -0.1) is 0 Å². The fraction of sp³-hybridized carbons (Fsp3) is 0. The fourth-order valence-electron chi connectivity index (χ4n) is 1.87. The van der Waals surface area contributed by atoms with Crippen molar-refractivity contribution in [2.24, 2.45) is 0 Å². The van der Waals surface area contributed by atoms with Crippen molar-refractivity contribution in [2.45, 2.75) is 0 Å². The first-order chi connectivity index (χ1) is 9.16. The molecule has 1 aromatic carbocycles. The van der Waals surface area contributed by atoms with E-state index in [1.165, 1.54) is 12.3 Å². The summed E-state index contributed by atoms with van der Waals surface area (Å²) in [5.41, 5.74) is 0.721. The number of carbonyl (C=O) groups is 1. The zero-order valence-electron chi connectivity index (χ0n) is 9.63. The molecule has 0 amide bonds. The highest BCUT2D eigenvalue weighted by Gasteiger charge is 2.21. The van der Waals surface area contributed by atoms with Crippen LogP contribution in [-0.2, 0) is 0 Å². The molecule has 0 saturated heterocycles. The standard InChI is InChI=1S/C14H8ClNO3/c15-9-4-1-3-8(7-9)12(17)13-11-10(14(18)19-13)5-2-6-16-11/h1-7,18H. The fourth-order valence-corrected chi connectivity index (χ4v) is 2.06. The molecule has 2 heterocycles. The normalized spacial score (nSPS) is 10.8. The Kier molecular flexibility index (Phi) is 2.72. The van der Waals surface area contributed by atoms with Gasteiger partial charge in [0.05, 0.1) is 5.39 Å². The van der Waals surface area contributed by atoms with Gasteiger partial charge in [-0.1, -0.05) is 23.7 Å². The maximum atomic E-state index is 12.3. The molecule has 0 aliphatic rings. The number of rotatable bonds is 2.